The van der Waals surface area contributed by atoms with E-state index in [0.717, 1.165) is 19.3 Å². The molecule has 1 aliphatic carbocycles. The van der Waals surface area contributed by atoms with Crippen molar-refractivity contribution < 1.29 is 9.66 Å². The monoisotopic (exact) mass is 183 g/mol. The third-order valence-corrected chi connectivity index (χ3v) is 3.20. The molecule has 0 N–H and O–H groups in total. The van der Waals surface area contributed by atoms with E-state index >= 15 is 0 Å². The zero-order valence-electron chi connectivity index (χ0n) is 7.49. The maximum absolute atomic E-state index is 11.0. The summed E-state index contributed by atoms with van der Waals surface area (Å²) in [6.07, 6.45) is 3.14. The van der Waals surface area contributed by atoms with Gasteiger partial charge in [-0.25, -0.2) is 0 Å². The van der Waals surface area contributed by atoms with Crippen LogP contribution in [-0.4, -0.2) is 23.2 Å². The predicted octanol–water partition coefficient (Wildman–Crippen LogP) is 1.53. The molecule has 0 amide bonds. The van der Waals surface area contributed by atoms with E-state index in [0.29, 0.717) is 18.6 Å². The molecule has 72 valence electrons. The van der Waals surface area contributed by atoms with Crippen molar-refractivity contribution in [1.29, 1.82) is 0 Å². The van der Waals surface area contributed by atoms with E-state index in [1.54, 1.807) is 0 Å². The van der Waals surface area contributed by atoms with Gasteiger partial charge < -0.3 is 4.74 Å². The molecule has 0 aromatic rings. The molecule has 0 spiro atoms. The van der Waals surface area contributed by atoms with Gasteiger partial charge in [0.25, 0.3) is 5.54 Å². The van der Waals surface area contributed by atoms with Gasteiger partial charge in [0.2, 0.25) is 0 Å². The summed E-state index contributed by atoms with van der Waals surface area (Å²) in [4.78, 5) is 10.8. The van der Waals surface area contributed by atoms with E-state index < -0.39 is 5.54 Å². The van der Waals surface area contributed by atoms with Crippen molar-refractivity contribution in [3.05, 3.63) is 22.3 Å². The quantitative estimate of drug-likeness (QED) is 0.352. The summed E-state index contributed by atoms with van der Waals surface area (Å²) in [5, 5.41) is 11.0. The molecule has 0 radical (unpaired) electrons. The lowest BCUT2D eigenvalue weighted by atomic mass is 9.77. The van der Waals surface area contributed by atoms with Gasteiger partial charge in [0.1, 0.15) is 6.10 Å². The lowest BCUT2D eigenvalue weighted by molar-refractivity contribution is -0.568. The van der Waals surface area contributed by atoms with Crippen LogP contribution in [0.3, 0.4) is 0 Å². The second kappa shape index (κ2) is 2.80. The Kier molecular flexibility index (Phi) is 1.87. The first-order valence-electron chi connectivity index (χ1n) is 4.62. The van der Waals surface area contributed by atoms with Gasteiger partial charge in [-0.15, -0.1) is 0 Å². The van der Waals surface area contributed by atoms with Gasteiger partial charge in [0.15, 0.2) is 0 Å². The van der Waals surface area contributed by atoms with Crippen molar-refractivity contribution in [2.75, 3.05) is 6.61 Å². The number of ether oxygens (including phenoxy) is 1. The molecule has 1 heterocycles. The standard InChI is InChI=1S/C9H13NO3/c1-7-6-13-8-4-2-3-5-9(7,8)10(11)12/h8H,1-6H2. The highest BCUT2D eigenvalue weighted by atomic mass is 16.6. The lowest BCUT2D eigenvalue weighted by Crippen LogP contribution is -2.49. The largest absolute Gasteiger partial charge is 0.366 e. The Labute approximate surface area is 76.7 Å². The third kappa shape index (κ3) is 1.01. The normalized spacial score (nSPS) is 38.8. The van der Waals surface area contributed by atoms with Gasteiger partial charge >= 0.3 is 0 Å². The van der Waals surface area contributed by atoms with Crippen LogP contribution in [-0.2, 0) is 4.74 Å². The summed E-state index contributed by atoms with van der Waals surface area (Å²) >= 11 is 0. The van der Waals surface area contributed by atoms with Crippen LogP contribution in [0.15, 0.2) is 12.2 Å². The van der Waals surface area contributed by atoms with Crippen molar-refractivity contribution in [1.82, 2.24) is 0 Å². The molecule has 2 rings (SSSR count). The van der Waals surface area contributed by atoms with Crippen LogP contribution in [0.1, 0.15) is 25.7 Å². The summed E-state index contributed by atoms with van der Waals surface area (Å²) in [7, 11) is 0. The zero-order valence-corrected chi connectivity index (χ0v) is 7.49. The van der Waals surface area contributed by atoms with E-state index in [4.69, 9.17) is 4.74 Å². The topological polar surface area (TPSA) is 52.4 Å². The van der Waals surface area contributed by atoms with Gasteiger partial charge in [-0.05, 0) is 12.8 Å². The summed E-state index contributed by atoms with van der Waals surface area (Å²) in [5.41, 5.74) is -0.291. The number of nitrogens with zero attached hydrogens (tertiary/aromatic N) is 1. The van der Waals surface area contributed by atoms with Crippen LogP contribution >= 0.6 is 0 Å². The SMILES string of the molecule is C=C1COC2CCCCC12[N+](=O)[O-]. The van der Waals surface area contributed by atoms with E-state index in [9.17, 15) is 10.1 Å². The fraction of sp³-hybridized carbons (Fsp3) is 0.778. The van der Waals surface area contributed by atoms with Crippen molar-refractivity contribution in [3.63, 3.8) is 0 Å². The zero-order chi connectivity index (χ0) is 9.47. The Balaban J connectivity index is 2.36. The number of nitro groups is 1. The smallest absolute Gasteiger partial charge is 0.270 e. The van der Waals surface area contributed by atoms with Gasteiger partial charge in [-0.2, -0.15) is 0 Å². The molecule has 4 nitrogen and oxygen atoms in total. The Morgan fingerprint density at radius 1 is 1.62 bits per heavy atom. The lowest BCUT2D eigenvalue weighted by Gasteiger charge is -2.30. The highest BCUT2D eigenvalue weighted by Crippen LogP contribution is 2.42. The minimum Gasteiger partial charge on any atom is -0.366 e. The molecule has 4 heteroatoms. The molecule has 2 fully saturated rings. The third-order valence-electron chi connectivity index (χ3n) is 3.20. The molecule has 1 saturated heterocycles. The van der Waals surface area contributed by atoms with E-state index in [-0.39, 0.29) is 11.0 Å². The van der Waals surface area contributed by atoms with E-state index in [2.05, 4.69) is 6.58 Å². The summed E-state index contributed by atoms with van der Waals surface area (Å²) < 4.78 is 5.39. The minimum atomic E-state index is -0.946. The Morgan fingerprint density at radius 2 is 2.38 bits per heavy atom. The summed E-state index contributed by atoms with van der Waals surface area (Å²) in [6, 6.07) is 0. The maximum atomic E-state index is 11.0. The van der Waals surface area contributed by atoms with E-state index in [1.807, 2.05) is 0 Å². The second-order valence-corrected chi connectivity index (χ2v) is 3.83. The summed E-state index contributed by atoms with van der Waals surface area (Å²) in [6.45, 7) is 4.13. The number of hydrogen-bond donors (Lipinski definition) is 0. The number of rotatable bonds is 1. The highest BCUT2D eigenvalue weighted by molar-refractivity contribution is 5.22. The molecular weight excluding hydrogens is 170 g/mol. The molecule has 0 aromatic carbocycles. The molecule has 2 unspecified atom stereocenters. The van der Waals surface area contributed by atoms with Gasteiger partial charge in [0.05, 0.1) is 6.61 Å². The molecular formula is C9H13NO3. The highest BCUT2D eigenvalue weighted by Gasteiger charge is 2.58. The molecule has 0 aromatic heterocycles. The molecule has 1 saturated carbocycles. The molecule has 0 bridgehead atoms. The maximum Gasteiger partial charge on any atom is 0.270 e. The van der Waals surface area contributed by atoms with Crippen LogP contribution < -0.4 is 0 Å². The average Bonchev–Trinajstić information content (AvgIpc) is 2.46. The van der Waals surface area contributed by atoms with Crippen LogP contribution in [0.5, 0.6) is 0 Å². The average molecular weight is 183 g/mol. The summed E-state index contributed by atoms with van der Waals surface area (Å²) in [5.74, 6) is 0. The van der Waals surface area contributed by atoms with Crippen molar-refractivity contribution in [2.24, 2.45) is 0 Å². The minimum absolute atomic E-state index is 0.188. The number of fused-ring (bicyclic) bond motifs is 1. The van der Waals surface area contributed by atoms with Crippen molar-refractivity contribution in [3.8, 4) is 0 Å². The second-order valence-electron chi connectivity index (χ2n) is 3.83. The van der Waals surface area contributed by atoms with E-state index in [1.165, 1.54) is 0 Å². The van der Waals surface area contributed by atoms with Gasteiger partial charge in [-0.3, -0.25) is 10.1 Å². The van der Waals surface area contributed by atoms with Gasteiger partial charge in [-0.1, -0.05) is 13.0 Å². The molecule has 2 aliphatic rings. The van der Waals surface area contributed by atoms with Gasteiger partial charge in [0, 0.05) is 16.9 Å². The number of hydrogen-bond acceptors (Lipinski definition) is 3. The fourth-order valence-electron chi connectivity index (χ4n) is 2.41. The van der Waals surface area contributed by atoms with Crippen LogP contribution in [0, 0.1) is 10.1 Å². The first-order chi connectivity index (χ1) is 6.18. The van der Waals surface area contributed by atoms with Crippen molar-refractivity contribution >= 4 is 0 Å². The van der Waals surface area contributed by atoms with Crippen LogP contribution in [0.2, 0.25) is 0 Å². The first-order valence-corrected chi connectivity index (χ1v) is 4.62. The Hall–Kier alpha value is -0.900. The fourth-order valence-corrected chi connectivity index (χ4v) is 2.41. The predicted molar refractivity (Wildman–Crippen MR) is 47.1 cm³/mol. The van der Waals surface area contributed by atoms with Crippen LogP contribution in [0.25, 0.3) is 0 Å². The molecule has 13 heavy (non-hydrogen) atoms. The first kappa shape index (κ1) is 8.69. The molecule has 2 atom stereocenters. The molecule has 1 aliphatic heterocycles. The van der Waals surface area contributed by atoms with Crippen LogP contribution in [0.4, 0.5) is 0 Å². The Morgan fingerprint density at radius 3 is 3.00 bits per heavy atom. The van der Waals surface area contributed by atoms with Crippen molar-refractivity contribution in [2.45, 2.75) is 37.3 Å². The Bertz CT molecular complexity index is 264.